The van der Waals surface area contributed by atoms with Crippen LogP contribution >= 0.6 is 0 Å². The maximum absolute atomic E-state index is 4.35. The molecule has 2 rings (SSSR count). The molecule has 64 valence electrons. The van der Waals surface area contributed by atoms with Crippen molar-refractivity contribution in [3.05, 3.63) is 29.6 Å². The van der Waals surface area contributed by atoms with Gasteiger partial charge in [0.1, 0.15) is 0 Å². The summed E-state index contributed by atoms with van der Waals surface area (Å²) in [6.45, 7) is 3.02. The van der Waals surface area contributed by atoms with Gasteiger partial charge in [-0.25, -0.2) is 0 Å². The summed E-state index contributed by atoms with van der Waals surface area (Å²) < 4.78 is 2.02. The van der Waals surface area contributed by atoms with Crippen molar-refractivity contribution in [1.82, 2.24) is 9.78 Å². The van der Waals surface area contributed by atoms with Gasteiger partial charge in [-0.05, 0) is 32.3 Å². The topological polar surface area (TPSA) is 17.8 Å². The van der Waals surface area contributed by atoms with Gasteiger partial charge >= 0.3 is 0 Å². The fourth-order valence-corrected chi connectivity index (χ4v) is 1.64. The van der Waals surface area contributed by atoms with Crippen LogP contribution < -0.4 is 0 Å². The lowest BCUT2D eigenvalue weighted by Crippen LogP contribution is -2.00. The van der Waals surface area contributed by atoms with Crippen LogP contribution in [-0.2, 0) is 6.54 Å². The highest BCUT2D eigenvalue weighted by Crippen LogP contribution is 2.18. The summed E-state index contributed by atoms with van der Waals surface area (Å²) in [7, 11) is 0. The minimum atomic E-state index is 0.994. The predicted molar refractivity (Wildman–Crippen MR) is 48.9 cm³/mol. The Morgan fingerprint density at radius 2 is 2.50 bits per heavy atom. The second kappa shape index (κ2) is 3.13. The van der Waals surface area contributed by atoms with E-state index >= 15 is 0 Å². The summed E-state index contributed by atoms with van der Waals surface area (Å²) in [6, 6.07) is 2.05. The Labute approximate surface area is 72.9 Å². The lowest BCUT2D eigenvalue weighted by atomic mass is 10.2. The van der Waals surface area contributed by atoms with E-state index in [0.717, 1.165) is 12.2 Å². The first kappa shape index (κ1) is 7.59. The lowest BCUT2D eigenvalue weighted by Gasteiger charge is -2.00. The van der Waals surface area contributed by atoms with Crippen LogP contribution in [0.15, 0.2) is 23.9 Å². The summed E-state index contributed by atoms with van der Waals surface area (Å²) in [6.07, 6.45) is 8.25. The standard InChI is InChI=1S/C10H14N2/c1-9-6-7-12(11-9)8-10-4-2-3-5-10/h4,6-7H,2-3,5,8H2,1H3. The van der Waals surface area contributed by atoms with Gasteiger partial charge in [0.25, 0.3) is 0 Å². The van der Waals surface area contributed by atoms with Crippen LogP contribution in [0, 0.1) is 6.92 Å². The van der Waals surface area contributed by atoms with Crippen LogP contribution in [0.2, 0.25) is 0 Å². The van der Waals surface area contributed by atoms with E-state index in [0.29, 0.717) is 0 Å². The number of aryl methyl sites for hydroxylation is 1. The molecule has 2 heteroatoms. The average Bonchev–Trinajstić information content (AvgIpc) is 2.63. The molecule has 1 aliphatic carbocycles. The van der Waals surface area contributed by atoms with Gasteiger partial charge in [-0.2, -0.15) is 5.10 Å². The number of hydrogen-bond donors (Lipinski definition) is 0. The Hall–Kier alpha value is -1.05. The molecule has 0 aliphatic heterocycles. The summed E-state index contributed by atoms with van der Waals surface area (Å²) in [5, 5.41) is 4.35. The van der Waals surface area contributed by atoms with Gasteiger partial charge in [0.05, 0.1) is 12.2 Å². The largest absolute Gasteiger partial charge is 0.268 e. The fourth-order valence-electron chi connectivity index (χ4n) is 1.64. The molecular weight excluding hydrogens is 148 g/mol. The van der Waals surface area contributed by atoms with Crippen LogP contribution in [0.1, 0.15) is 25.0 Å². The van der Waals surface area contributed by atoms with Gasteiger partial charge in [-0.15, -0.1) is 0 Å². The average molecular weight is 162 g/mol. The molecule has 0 unspecified atom stereocenters. The number of rotatable bonds is 2. The molecule has 12 heavy (non-hydrogen) atoms. The van der Waals surface area contributed by atoms with E-state index in [9.17, 15) is 0 Å². The molecular formula is C10H14N2. The number of allylic oxidation sites excluding steroid dienone is 2. The van der Waals surface area contributed by atoms with Crippen molar-refractivity contribution in [3.63, 3.8) is 0 Å². The Morgan fingerprint density at radius 1 is 1.58 bits per heavy atom. The van der Waals surface area contributed by atoms with Crippen LogP contribution in [0.3, 0.4) is 0 Å². The maximum Gasteiger partial charge on any atom is 0.0619 e. The van der Waals surface area contributed by atoms with E-state index < -0.39 is 0 Å². The third-order valence-electron chi connectivity index (χ3n) is 2.27. The van der Waals surface area contributed by atoms with Crippen molar-refractivity contribution in [3.8, 4) is 0 Å². The Kier molecular flexibility index (Phi) is 1.98. The minimum Gasteiger partial charge on any atom is -0.268 e. The van der Waals surface area contributed by atoms with E-state index in [-0.39, 0.29) is 0 Å². The molecule has 0 atom stereocenters. The quantitative estimate of drug-likeness (QED) is 0.610. The van der Waals surface area contributed by atoms with Crippen LogP contribution in [0.4, 0.5) is 0 Å². The van der Waals surface area contributed by atoms with Crippen LogP contribution in [0.25, 0.3) is 0 Å². The lowest BCUT2D eigenvalue weighted by molar-refractivity contribution is 0.656. The van der Waals surface area contributed by atoms with Crippen LogP contribution in [0.5, 0.6) is 0 Å². The SMILES string of the molecule is Cc1ccn(CC2=CCCC2)n1. The minimum absolute atomic E-state index is 0.994. The summed E-state index contributed by atoms with van der Waals surface area (Å²) in [5.41, 5.74) is 2.65. The molecule has 0 fully saturated rings. The highest BCUT2D eigenvalue weighted by atomic mass is 15.3. The van der Waals surface area contributed by atoms with Crippen molar-refractivity contribution >= 4 is 0 Å². The Balaban J connectivity index is 2.03. The predicted octanol–water partition coefficient (Wildman–Crippen LogP) is 2.30. The van der Waals surface area contributed by atoms with E-state index in [1.807, 2.05) is 11.6 Å². The van der Waals surface area contributed by atoms with Gasteiger partial charge in [-0.1, -0.05) is 11.6 Å². The molecule has 1 aromatic rings. The first-order valence-corrected chi connectivity index (χ1v) is 4.52. The zero-order valence-electron chi connectivity index (χ0n) is 7.45. The maximum atomic E-state index is 4.35. The first-order valence-electron chi connectivity index (χ1n) is 4.52. The molecule has 1 aliphatic rings. The molecule has 0 saturated heterocycles. The summed E-state index contributed by atoms with van der Waals surface area (Å²) in [5.74, 6) is 0. The summed E-state index contributed by atoms with van der Waals surface area (Å²) >= 11 is 0. The normalized spacial score (nSPS) is 16.6. The Morgan fingerprint density at radius 3 is 3.08 bits per heavy atom. The zero-order valence-corrected chi connectivity index (χ0v) is 7.45. The van der Waals surface area contributed by atoms with Gasteiger partial charge in [0.15, 0.2) is 0 Å². The fraction of sp³-hybridized carbons (Fsp3) is 0.500. The van der Waals surface area contributed by atoms with Crippen molar-refractivity contribution in [2.24, 2.45) is 0 Å². The molecule has 2 nitrogen and oxygen atoms in total. The van der Waals surface area contributed by atoms with Gasteiger partial charge in [-0.3, -0.25) is 4.68 Å². The molecule has 0 bridgehead atoms. The Bertz CT molecular complexity index is 297. The smallest absolute Gasteiger partial charge is 0.0619 e. The van der Waals surface area contributed by atoms with E-state index in [1.165, 1.54) is 24.8 Å². The molecule has 0 saturated carbocycles. The van der Waals surface area contributed by atoms with Crippen molar-refractivity contribution < 1.29 is 0 Å². The number of hydrogen-bond acceptors (Lipinski definition) is 1. The molecule has 0 N–H and O–H groups in total. The first-order chi connectivity index (χ1) is 5.84. The third-order valence-corrected chi connectivity index (χ3v) is 2.27. The second-order valence-electron chi connectivity index (χ2n) is 3.41. The third kappa shape index (κ3) is 1.58. The summed E-state index contributed by atoms with van der Waals surface area (Å²) in [4.78, 5) is 0. The number of aromatic nitrogens is 2. The molecule has 0 aromatic carbocycles. The van der Waals surface area contributed by atoms with E-state index in [1.54, 1.807) is 0 Å². The molecule has 0 amide bonds. The molecule has 0 spiro atoms. The van der Waals surface area contributed by atoms with E-state index in [2.05, 4.69) is 23.4 Å². The molecule has 1 heterocycles. The highest BCUT2D eigenvalue weighted by Gasteiger charge is 2.04. The second-order valence-corrected chi connectivity index (χ2v) is 3.41. The molecule has 1 aromatic heterocycles. The van der Waals surface area contributed by atoms with Crippen LogP contribution in [-0.4, -0.2) is 9.78 Å². The number of nitrogens with zero attached hydrogens (tertiary/aromatic N) is 2. The molecule has 0 radical (unpaired) electrons. The van der Waals surface area contributed by atoms with Gasteiger partial charge in [0, 0.05) is 6.20 Å². The highest BCUT2D eigenvalue weighted by molar-refractivity contribution is 5.08. The monoisotopic (exact) mass is 162 g/mol. The zero-order chi connectivity index (χ0) is 8.39. The van der Waals surface area contributed by atoms with E-state index in [4.69, 9.17) is 0 Å². The van der Waals surface area contributed by atoms with Crippen molar-refractivity contribution in [2.45, 2.75) is 32.7 Å². The van der Waals surface area contributed by atoms with Gasteiger partial charge in [0.2, 0.25) is 0 Å². The van der Waals surface area contributed by atoms with Crippen molar-refractivity contribution in [2.75, 3.05) is 0 Å². The van der Waals surface area contributed by atoms with Crippen molar-refractivity contribution in [1.29, 1.82) is 0 Å². The van der Waals surface area contributed by atoms with Gasteiger partial charge < -0.3 is 0 Å².